The zero-order valence-corrected chi connectivity index (χ0v) is 18.9. The lowest BCUT2D eigenvalue weighted by molar-refractivity contribution is -0.137. The van der Waals surface area contributed by atoms with Crippen LogP contribution in [0.15, 0.2) is 60.8 Å². The van der Waals surface area contributed by atoms with E-state index in [4.69, 9.17) is 0 Å². The van der Waals surface area contributed by atoms with Gasteiger partial charge in [0.1, 0.15) is 17.5 Å². The number of aromatic nitrogens is 1. The number of halogens is 5. The van der Waals surface area contributed by atoms with Crippen molar-refractivity contribution < 1.29 is 31.5 Å². The minimum absolute atomic E-state index is 0.187. The average molecular weight is 504 g/mol. The standard InChI is InChI=1S/C25H21F5N4O2/c26-18-6-8-20(21(27)14-18)23(35)32-19-7-9-22(31-15-19)33-10-1-11-34(13-12-33)24(36)16-2-4-17(5-3-16)25(28,29)30/h2-9,14-15H,1,10-13H2,(H,32,35). The molecule has 0 unspecified atom stereocenters. The van der Waals surface area contributed by atoms with E-state index in [1.807, 2.05) is 4.90 Å². The predicted molar refractivity (Wildman–Crippen MR) is 123 cm³/mol. The highest BCUT2D eigenvalue weighted by molar-refractivity contribution is 6.04. The van der Waals surface area contributed by atoms with Gasteiger partial charge in [0.05, 0.1) is 23.0 Å². The van der Waals surface area contributed by atoms with Gasteiger partial charge in [-0.15, -0.1) is 0 Å². The van der Waals surface area contributed by atoms with Crippen LogP contribution >= 0.6 is 0 Å². The van der Waals surface area contributed by atoms with Crippen molar-refractivity contribution in [2.75, 3.05) is 36.4 Å². The Balaban J connectivity index is 1.36. The molecule has 4 rings (SSSR count). The number of anilines is 2. The third-order valence-corrected chi connectivity index (χ3v) is 5.75. The Bertz CT molecular complexity index is 1250. The molecule has 0 aliphatic carbocycles. The van der Waals surface area contributed by atoms with E-state index in [0.29, 0.717) is 50.2 Å². The van der Waals surface area contributed by atoms with E-state index < -0.39 is 29.3 Å². The van der Waals surface area contributed by atoms with E-state index in [9.17, 15) is 31.5 Å². The van der Waals surface area contributed by atoms with Crippen LogP contribution in [0.25, 0.3) is 0 Å². The summed E-state index contributed by atoms with van der Waals surface area (Å²) in [5.74, 6) is -2.24. The first-order valence-electron chi connectivity index (χ1n) is 11.1. The molecule has 1 N–H and O–H groups in total. The Morgan fingerprint density at radius 1 is 0.889 bits per heavy atom. The molecule has 1 aromatic heterocycles. The topological polar surface area (TPSA) is 65.5 Å². The van der Waals surface area contributed by atoms with E-state index in [1.54, 1.807) is 17.0 Å². The molecule has 2 aromatic carbocycles. The van der Waals surface area contributed by atoms with E-state index in [2.05, 4.69) is 10.3 Å². The van der Waals surface area contributed by atoms with Crippen molar-refractivity contribution in [3.63, 3.8) is 0 Å². The lowest BCUT2D eigenvalue weighted by Gasteiger charge is -2.23. The average Bonchev–Trinajstić information content (AvgIpc) is 3.10. The van der Waals surface area contributed by atoms with Crippen molar-refractivity contribution in [2.24, 2.45) is 0 Å². The van der Waals surface area contributed by atoms with Gasteiger partial charge in [0, 0.05) is 37.8 Å². The monoisotopic (exact) mass is 504 g/mol. The van der Waals surface area contributed by atoms with Gasteiger partial charge in [0.15, 0.2) is 0 Å². The van der Waals surface area contributed by atoms with Crippen molar-refractivity contribution in [2.45, 2.75) is 12.6 Å². The number of hydrogen-bond acceptors (Lipinski definition) is 4. The lowest BCUT2D eigenvalue weighted by atomic mass is 10.1. The smallest absolute Gasteiger partial charge is 0.355 e. The number of hydrogen-bond donors (Lipinski definition) is 1. The van der Waals surface area contributed by atoms with Crippen molar-refractivity contribution >= 4 is 23.3 Å². The molecule has 2 heterocycles. The molecule has 188 valence electrons. The molecular weight excluding hydrogens is 483 g/mol. The fourth-order valence-electron chi connectivity index (χ4n) is 3.85. The van der Waals surface area contributed by atoms with Crippen LogP contribution in [0.2, 0.25) is 0 Å². The largest absolute Gasteiger partial charge is 0.416 e. The van der Waals surface area contributed by atoms with Crippen LogP contribution in [-0.4, -0.2) is 47.9 Å². The highest BCUT2D eigenvalue weighted by Crippen LogP contribution is 2.29. The molecule has 6 nitrogen and oxygen atoms in total. The summed E-state index contributed by atoms with van der Waals surface area (Å²) in [6, 6.07) is 10.1. The quantitative estimate of drug-likeness (QED) is 0.509. The van der Waals surface area contributed by atoms with Crippen LogP contribution in [0, 0.1) is 11.6 Å². The molecule has 1 fully saturated rings. The third-order valence-electron chi connectivity index (χ3n) is 5.75. The molecule has 1 aliphatic heterocycles. The molecule has 0 saturated carbocycles. The zero-order valence-electron chi connectivity index (χ0n) is 18.9. The van der Waals surface area contributed by atoms with Gasteiger partial charge in [0.2, 0.25) is 0 Å². The van der Waals surface area contributed by atoms with Crippen LogP contribution in [0.1, 0.15) is 32.7 Å². The lowest BCUT2D eigenvalue weighted by Crippen LogP contribution is -2.35. The second-order valence-corrected chi connectivity index (χ2v) is 8.19. The zero-order chi connectivity index (χ0) is 25.9. The second-order valence-electron chi connectivity index (χ2n) is 8.19. The maximum atomic E-state index is 13.8. The minimum atomic E-state index is -4.47. The van der Waals surface area contributed by atoms with Crippen LogP contribution in [-0.2, 0) is 6.18 Å². The van der Waals surface area contributed by atoms with Crippen LogP contribution < -0.4 is 10.2 Å². The number of rotatable bonds is 4. The summed E-state index contributed by atoms with van der Waals surface area (Å²) >= 11 is 0. The van der Waals surface area contributed by atoms with Crippen molar-refractivity contribution in [1.29, 1.82) is 0 Å². The molecule has 0 spiro atoms. The Labute approximate surface area is 203 Å². The number of nitrogens with zero attached hydrogens (tertiary/aromatic N) is 3. The normalized spacial score (nSPS) is 14.4. The van der Waals surface area contributed by atoms with E-state index in [1.165, 1.54) is 18.3 Å². The Morgan fingerprint density at radius 2 is 1.64 bits per heavy atom. The second kappa shape index (κ2) is 10.3. The van der Waals surface area contributed by atoms with Gasteiger partial charge in [-0.2, -0.15) is 13.2 Å². The SMILES string of the molecule is O=C(Nc1ccc(N2CCCN(C(=O)c3ccc(C(F)(F)F)cc3)CC2)nc1)c1ccc(F)cc1F. The number of alkyl halides is 3. The van der Waals surface area contributed by atoms with Gasteiger partial charge in [-0.1, -0.05) is 0 Å². The van der Waals surface area contributed by atoms with Gasteiger partial charge in [-0.3, -0.25) is 9.59 Å². The Hall–Kier alpha value is -4.02. The molecule has 0 radical (unpaired) electrons. The summed E-state index contributed by atoms with van der Waals surface area (Å²) in [4.78, 5) is 32.9. The highest BCUT2D eigenvalue weighted by atomic mass is 19.4. The molecule has 0 atom stereocenters. The summed E-state index contributed by atoms with van der Waals surface area (Å²) in [5.41, 5.74) is -0.603. The third kappa shape index (κ3) is 5.78. The molecule has 11 heteroatoms. The summed E-state index contributed by atoms with van der Waals surface area (Å²) in [6.07, 6.45) is -2.44. The maximum Gasteiger partial charge on any atom is 0.416 e. The first-order valence-corrected chi connectivity index (χ1v) is 11.1. The molecular formula is C25H21F5N4O2. The predicted octanol–water partition coefficient (Wildman–Crippen LogP) is 4.98. The first-order chi connectivity index (χ1) is 17.1. The van der Waals surface area contributed by atoms with Crippen LogP contribution in [0.3, 0.4) is 0 Å². The van der Waals surface area contributed by atoms with Crippen LogP contribution in [0.5, 0.6) is 0 Å². The number of benzene rings is 2. The number of pyridine rings is 1. The summed E-state index contributed by atoms with van der Waals surface area (Å²) in [7, 11) is 0. The first kappa shape index (κ1) is 25.1. The molecule has 1 aliphatic rings. The van der Waals surface area contributed by atoms with Gasteiger partial charge >= 0.3 is 6.18 Å². The van der Waals surface area contributed by atoms with Gasteiger partial charge in [-0.05, 0) is 55.0 Å². The Morgan fingerprint density at radius 3 is 2.28 bits per heavy atom. The number of amides is 2. The maximum absolute atomic E-state index is 13.8. The molecule has 3 aromatic rings. The summed E-state index contributed by atoms with van der Waals surface area (Å²) in [5, 5.41) is 2.51. The number of nitrogens with one attached hydrogen (secondary N) is 1. The van der Waals surface area contributed by atoms with Gasteiger partial charge in [0.25, 0.3) is 11.8 Å². The van der Waals surface area contributed by atoms with Crippen LogP contribution in [0.4, 0.5) is 33.5 Å². The molecule has 0 bridgehead atoms. The highest BCUT2D eigenvalue weighted by Gasteiger charge is 2.30. The summed E-state index contributed by atoms with van der Waals surface area (Å²) in [6.45, 7) is 1.83. The van der Waals surface area contributed by atoms with Crippen molar-refractivity contribution in [3.05, 3.63) is 89.1 Å². The van der Waals surface area contributed by atoms with Crippen molar-refractivity contribution in [1.82, 2.24) is 9.88 Å². The van der Waals surface area contributed by atoms with E-state index >= 15 is 0 Å². The molecule has 1 saturated heterocycles. The number of carbonyl (C=O) groups is 2. The van der Waals surface area contributed by atoms with E-state index in [-0.39, 0.29) is 17.0 Å². The number of carbonyl (C=O) groups excluding carboxylic acids is 2. The fraction of sp³-hybridized carbons (Fsp3) is 0.240. The van der Waals surface area contributed by atoms with Crippen molar-refractivity contribution in [3.8, 4) is 0 Å². The van der Waals surface area contributed by atoms with Gasteiger partial charge in [-0.25, -0.2) is 13.8 Å². The molecule has 36 heavy (non-hydrogen) atoms. The fourth-order valence-corrected chi connectivity index (χ4v) is 3.85. The van der Waals surface area contributed by atoms with Gasteiger partial charge < -0.3 is 15.1 Å². The molecule has 2 amide bonds. The summed E-state index contributed by atoms with van der Waals surface area (Å²) < 4.78 is 65.2. The minimum Gasteiger partial charge on any atom is -0.355 e. The Kier molecular flexibility index (Phi) is 7.18. The van der Waals surface area contributed by atoms with E-state index in [0.717, 1.165) is 24.3 Å².